The second-order valence-corrected chi connectivity index (χ2v) is 8.19. The molecular formula is C24H26N4O. The van der Waals surface area contributed by atoms with E-state index in [1.807, 2.05) is 61.5 Å². The van der Waals surface area contributed by atoms with Crippen LogP contribution in [-0.2, 0) is 12.0 Å². The van der Waals surface area contributed by atoms with Crippen LogP contribution in [-0.4, -0.2) is 15.7 Å². The number of hydrogen-bond acceptors (Lipinski definition) is 3. The summed E-state index contributed by atoms with van der Waals surface area (Å²) in [5.74, 6) is -0.298. The van der Waals surface area contributed by atoms with Crippen molar-refractivity contribution in [2.45, 2.75) is 45.7 Å². The van der Waals surface area contributed by atoms with Crippen LogP contribution in [0.2, 0.25) is 0 Å². The second-order valence-electron chi connectivity index (χ2n) is 8.19. The van der Waals surface area contributed by atoms with Crippen LogP contribution in [0.5, 0.6) is 0 Å². The average molecular weight is 386 g/mol. The Labute approximate surface area is 172 Å². The third kappa shape index (κ3) is 4.72. The summed E-state index contributed by atoms with van der Waals surface area (Å²) in [6, 6.07) is 19.3. The van der Waals surface area contributed by atoms with E-state index in [9.17, 15) is 10.1 Å². The molecule has 0 saturated heterocycles. The van der Waals surface area contributed by atoms with Gasteiger partial charge in [-0.3, -0.25) is 9.48 Å². The number of hydrogen-bond donors (Lipinski definition) is 1. The fraction of sp³-hybridized carbons (Fsp3) is 0.292. The van der Waals surface area contributed by atoms with Crippen molar-refractivity contribution in [2.24, 2.45) is 0 Å². The molecule has 1 atom stereocenters. The van der Waals surface area contributed by atoms with E-state index in [4.69, 9.17) is 0 Å². The maximum Gasteiger partial charge on any atom is 0.256 e. The highest BCUT2D eigenvalue weighted by Crippen LogP contribution is 2.24. The zero-order valence-corrected chi connectivity index (χ0v) is 17.3. The monoisotopic (exact) mass is 386 g/mol. The van der Waals surface area contributed by atoms with Gasteiger partial charge in [-0.05, 0) is 29.0 Å². The van der Waals surface area contributed by atoms with Crippen molar-refractivity contribution in [3.05, 3.63) is 88.7 Å². The highest BCUT2D eigenvalue weighted by molar-refractivity contribution is 5.95. The van der Waals surface area contributed by atoms with E-state index in [0.29, 0.717) is 12.1 Å². The van der Waals surface area contributed by atoms with Crippen LogP contribution in [0.1, 0.15) is 59.6 Å². The Morgan fingerprint density at radius 2 is 1.79 bits per heavy atom. The average Bonchev–Trinajstić information content (AvgIpc) is 3.06. The van der Waals surface area contributed by atoms with Gasteiger partial charge in [0.2, 0.25) is 0 Å². The molecule has 5 nitrogen and oxygen atoms in total. The van der Waals surface area contributed by atoms with Crippen molar-refractivity contribution in [3.63, 3.8) is 0 Å². The molecule has 0 saturated carbocycles. The van der Waals surface area contributed by atoms with E-state index in [2.05, 4.69) is 37.3 Å². The quantitative estimate of drug-likeness (QED) is 0.700. The summed E-state index contributed by atoms with van der Waals surface area (Å²) in [7, 11) is 0. The maximum absolute atomic E-state index is 12.8. The third-order valence-electron chi connectivity index (χ3n) is 5.04. The number of amides is 1. The van der Waals surface area contributed by atoms with Crippen molar-refractivity contribution >= 4 is 5.91 Å². The predicted octanol–water partition coefficient (Wildman–Crippen LogP) is 4.53. The van der Waals surface area contributed by atoms with Crippen LogP contribution >= 0.6 is 0 Å². The van der Waals surface area contributed by atoms with Gasteiger partial charge in [0.15, 0.2) is 0 Å². The smallest absolute Gasteiger partial charge is 0.256 e. The molecule has 0 aliphatic carbocycles. The lowest BCUT2D eigenvalue weighted by Crippen LogP contribution is -2.28. The van der Waals surface area contributed by atoms with Crippen molar-refractivity contribution in [3.8, 4) is 6.07 Å². The molecule has 29 heavy (non-hydrogen) atoms. The third-order valence-corrected chi connectivity index (χ3v) is 5.04. The summed E-state index contributed by atoms with van der Waals surface area (Å²) in [6.45, 7) is 8.88. The Morgan fingerprint density at radius 1 is 1.14 bits per heavy atom. The van der Waals surface area contributed by atoms with Crippen LogP contribution < -0.4 is 5.32 Å². The minimum Gasteiger partial charge on any atom is -0.332 e. The first-order valence-corrected chi connectivity index (χ1v) is 9.67. The predicted molar refractivity (Wildman–Crippen MR) is 113 cm³/mol. The van der Waals surface area contributed by atoms with Crippen molar-refractivity contribution < 1.29 is 4.79 Å². The topological polar surface area (TPSA) is 70.7 Å². The Hall–Kier alpha value is -3.39. The number of rotatable bonds is 5. The lowest BCUT2D eigenvalue weighted by atomic mass is 9.86. The van der Waals surface area contributed by atoms with Gasteiger partial charge in [0, 0.05) is 5.69 Å². The van der Waals surface area contributed by atoms with Crippen LogP contribution in [0, 0.1) is 18.3 Å². The molecule has 0 aliphatic heterocycles. The number of nitrogens with one attached hydrogen (secondary N) is 1. The van der Waals surface area contributed by atoms with Crippen LogP contribution in [0.4, 0.5) is 0 Å². The highest BCUT2D eigenvalue weighted by Gasteiger charge is 2.20. The molecule has 148 valence electrons. The molecule has 1 N–H and O–H groups in total. The van der Waals surface area contributed by atoms with Gasteiger partial charge < -0.3 is 5.32 Å². The number of carbonyl (C=O) groups is 1. The van der Waals surface area contributed by atoms with Gasteiger partial charge in [-0.1, -0.05) is 75.4 Å². The van der Waals surface area contributed by atoms with Gasteiger partial charge in [0.05, 0.1) is 24.4 Å². The van der Waals surface area contributed by atoms with Gasteiger partial charge in [-0.15, -0.1) is 0 Å². The summed E-state index contributed by atoms with van der Waals surface area (Å²) < 4.78 is 1.80. The lowest BCUT2D eigenvalue weighted by Gasteiger charge is -2.20. The summed E-state index contributed by atoms with van der Waals surface area (Å²) in [4.78, 5) is 12.8. The maximum atomic E-state index is 12.8. The van der Waals surface area contributed by atoms with E-state index in [1.54, 1.807) is 10.9 Å². The Morgan fingerprint density at radius 3 is 2.38 bits per heavy atom. The Bertz CT molecular complexity index is 1020. The first-order chi connectivity index (χ1) is 13.8. The van der Waals surface area contributed by atoms with Gasteiger partial charge >= 0.3 is 0 Å². The summed E-state index contributed by atoms with van der Waals surface area (Å²) in [6.07, 6.45) is 1.56. The van der Waals surface area contributed by atoms with Crippen molar-refractivity contribution in [1.29, 1.82) is 5.26 Å². The van der Waals surface area contributed by atoms with E-state index in [1.165, 1.54) is 5.56 Å². The molecule has 3 aromatic rings. The second kappa shape index (κ2) is 8.32. The molecule has 2 aromatic carbocycles. The number of benzene rings is 2. The summed E-state index contributed by atoms with van der Waals surface area (Å²) >= 11 is 0. The zero-order valence-electron chi connectivity index (χ0n) is 17.3. The van der Waals surface area contributed by atoms with Gasteiger partial charge in [0.1, 0.15) is 6.04 Å². The number of nitrogens with zero attached hydrogens (tertiary/aromatic N) is 3. The van der Waals surface area contributed by atoms with E-state index in [0.717, 1.165) is 16.8 Å². The SMILES string of the molecule is Cc1c(C(=O)NC(C#N)c2ccc(C(C)(C)C)cc2)cnn1Cc1ccccc1. The molecule has 0 aliphatic rings. The van der Waals surface area contributed by atoms with Crippen LogP contribution in [0.25, 0.3) is 0 Å². The highest BCUT2D eigenvalue weighted by atomic mass is 16.1. The van der Waals surface area contributed by atoms with Crippen molar-refractivity contribution in [2.75, 3.05) is 0 Å². The lowest BCUT2D eigenvalue weighted by molar-refractivity contribution is 0.0944. The number of carbonyl (C=O) groups excluding carboxylic acids is 1. The molecule has 1 amide bonds. The number of aromatic nitrogens is 2. The fourth-order valence-corrected chi connectivity index (χ4v) is 3.16. The van der Waals surface area contributed by atoms with E-state index >= 15 is 0 Å². The molecule has 0 fully saturated rings. The van der Waals surface area contributed by atoms with Crippen LogP contribution in [0.15, 0.2) is 60.8 Å². The molecule has 0 spiro atoms. The largest absolute Gasteiger partial charge is 0.332 e. The molecular weight excluding hydrogens is 360 g/mol. The standard InChI is InChI=1S/C24H26N4O/c1-17-21(15-26-28(17)16-18-8-6-5-7-9-18)23(29)27-22(14-25)19-10-12-20(13-11-19)24(2,3)4/h5-13,15,22H,16H2,1-4H3,(H,27,29). The fourth-order valence-electron chi connectivity index (χ4n) is 3.16. The normalized spacial score (nSPS) is 12.2. The van der Waals surface area contributed by atoms with Crippen molar-refractivity contribution in [1.82, 2.24) is 15.1 Å². The first-order valence-electron chi connectivity index (χ1n) is 9.67. The first kappa shape index (κ1) is 20.3. The molecule has 1 aromatic heterocycles. The molecule has 1 heterocycles. The summed E-state index contributed by atoms with van der Waals surface area (Å²) in [5, 5.41) is 16.8. The molecule has 1 unspecified atom stereocenters. The van der Waals surface area contributed by atoms with E-state index < -0.39 is 6.04 Å². The van der Waals surface area contributed by atoms with E-state index in [-0.39, 0.29) is 11.3 Å². The zero-order chi connectivity index (χ0) is 21.0. The molecule has 3 rings (SSSR count). The molecule has 5 heteroatoms. The number of nitriles is 1. The minimum absolute atomic E-state index is 0.0361. The van der Waals surface area contributed by atoms with Gasteiger partial charge in [-0.25, -0.2) is 0 Å². The van der Waals surface area contributed by atoms with Crippen LogP contribution in [0.3, 0.4) is 0 Å². The molecule has 0 radical (unpaired) electrons. The summed E-state index contributed by atoms with van der Waals surface area (Å²) in [5.41, 5.74) is 4.34. The Kier molecular flexibility index (Phi) is 5.84. The Balaban J connectivity index is 1.74. The minimum atomic E-state index is -0.714. The van der Waals surface area contributed by atoms with Gasteiger partial charge in [0.25, 0.3) is 5.91 Å². The molecule has 0 bridgehead atoms. The van der Waals surface area contributed by atoms with Gasteiger partial charge in [-0.2, -0.15) is 10.4 Å².